The Morgan fingerprint density at radius 2 is 1.77 bits per heavy atom. The van der Waals surface area contributed by atoms with Crippen LogP contribution in [0.15, 0.2) is 77.2 Å². The zero-order chi connectivity index (χ0) is 21.8. The molecule has 1 amide bonds. The molecule has 7 heteroatoms. The van der Waals surface area contributed by atoms with E-state index in [1.165, 1.54) is 30.3 Å². The summed E-state index contributed by atoms with van der Waals surface area (Å²) >= 11 is 0. The minimum absolute atomic E-state index is 0.0755. The van der Waals surface area contributed by atoms with Crippen molar-refractivity contribution in [3.05, 3.63) is 89.8 Å². The Bertz CT molecular complexity index is 1280. The lowest BCUT2D eigenvalue weighted by atomic mass is 10.1. The maximum absolute atomic E-state index is 12.9. The summed E-state index contributed by atoms with van der Waals surface area (Å²) in [4.78, 5) is 27.3. The molecule has 0 aliphatic carbocycles. The number of hydrogen-bond acceptors (Lipinski definition) is 4. The molecule has 4 aromatic rings. The van der Waals surface area contributed by atoms with Gasteiger partial charge in [0.2, 0.25) is 11.8 Å². The number of nitrogens with one attached hydrogen (secondary N) is 1. The second kappa shape index (κ2) is 8.62. The predicted octanol–water partition coefficient (Wildman–Crippen LogP) is 4.91. The van der Waals surface area contributed by atoms with Gasteiger partial charge in [-0.2, -0.15) is 0 Å². The van der Waals surface area contributed by atoms with E-state index >= 15 is 0 Å². The number of benzene rings is 3. The molecule has 3 aromatic carbocycles. The van der Waals surface area contributed by atoms with Crippen LogP contribution in [0.1, 0.15) is 11.1 Å². The molecule has 0 atom stereocenters. The molecule has 0 aliphatic heterocycles. The fraction of sp³-hybridized carbons (Fsp3) is 0.0417. The van der Waals surface area contributed by atoms with Crippen LogP contribution >= 0.6 is 0 Å². The highest BCUT2D eigenvalue weighted by Crippen LogP contribution is 2.25. The lowest BCUT2D eigenvalue weighted by molar-refractivity contribution is -0.136. The van der Waals surface area contributed by atoms with Gasteiger partial charge in [-0.15, -0.1) is 0 Å². The first kappa shape index (κ1) is 20.0. The highest BCUT2D eigenvalue weighted by Gasteiger charge is 2.10. The number of carbonyl (C=O) groups excluding carboxylic acids is 1. The molecule has 0 unspecified atom stereocenters. The van der Waals surface area contributed by atoms with E-state index in [2.05, 4.69) is 10.3 Å². The standard InChI is InChI=1S/C24H17FN2O4/c25-18-7-9-19(10-8-18)26-22(28)12-4-15-1-5-17(6-2-15)24-27-20-13-16(14-23(29)30)3-11-21(20)31-24/h1-13H,14H2,(H,26,28)(H,29,30)/b12-4+. The van der Waals surface area contributed by atoms with Crippen LogP contribution < -0.4 is 5.32 Å². The molecule has 0 spiro atoms. The SMILES string of the molecule is O=C(O)Cc1ccc2oc(-c3ccc(/C=C/C(=O)Nc4ccc(F)cc4)cc3)nc2c1. The molecular weight excluding hydrogens is 399 g/mol. The molecule has 0 aliphatic rings. The summed E-state index contributed by atoms with van der Waals surface area (Å²) in [5, 5.41) is 11.6. The average molecular weight is 416 g/mol. The zero-order valence-corrected chi connectivity index (χ0v) is 16.2. The Kier molecular flexibility index (Phi) is 5.57. The van der Waals surface area contributed by atoms with Crippen molar-refractivity contribution >= 4 is 34.7 Å². The van der Waals surface area contributed by atoms with E-state index in [1.807, 2.05) is 24.3 Å². The van der Waals surface area contributed by atoms with E-state index in [-0.39, 0.29) is 18.1 Å². The number of anilines is 1. The van der Waals surface area contributed by atoms with Gasteiger partial charge in [0.15, 0.2) is 5.58 Å². The summed E-state index contributed by atoms with van der Waals surface area (Å²) in [6.07, 6.45) is 2.97. The van der Waals surface area contributed by atoms with Gasteiger partial charge in [-0.25, -0.2) is 9.37 Å². The molecule has 0 fully saturated rings. The number of fused-ring (bicyclic) bond motifs is 1. The molecular formula is C24H17FN2O4. The van der Waals surface area contributed by atoms with Gasteiger partial charge < -0.3 is 14.8 Å². The summed E-state index contributed by atoms with van der Waals surface area (Å²) in [5.41, 5.74) is 3.88. The molecule has 1 aromatic heterocycles. The van der Waals surface area contributed by atoms with Gasteiger partial charge in [-0.3, -0.25) is 9.59 Å². The van der Waals surface area contributed by atoms with E-state index in [0.717, 1.165) is 11.1 Å². The number of aliphatic carboxylic acids is 1. The Labute approximate surface area is 176 Å². The maximum atomic E-state index is 12.9. The van der Waals surface area contributed by atoms with Gasteiger partial charge in [0.25, 0.3) is 0 Å². The minimum Gasteiger partial charge on any atom is -0.481 e. The van der Waals surface area contributed by atoms with E-state index < -0.39 is 5.97 Å². The van der Waals surface area contributed by atoms with Gasteiger partial charge in [0, 0.05) is 17.3 Å². The number of carboxylic acid groups (broad SMARTS) is 1. The van der Waals surface area contributed by atoms with Crippen molar-refractivity contribution in [3.63, 3.8) is 0 Å². The lowest BCUT2D eigenvalue weighted by Crippen LogP contribution is -2.07. The predicted molar refractivity (Wildman–Crippen MR) is 115 cm³/mol. The molecule has 1 heterocycles. The molecule has 2 N–H and O–H groups in total. The third kappa shape index (κ3) is 5.02. The van der Waals surface area contributed by atoms with Gasteiger partial charge >= 0.3 is 5.97 Å². The summed E-state index contributed by atoms with van der Waals surface area (Å²) in [7, 11) is 0. The van der Waals surface area contributed by atoms with E-state index in [1.54, 1.807) is 24.3 Å². The van der Waals surface area contributed by atoms with Gasteiger partial charge in [-0.1, -0.05) is 18.2 Å². The molecule has 6 nitrogen and oxygen atoms in total. The van der Waals surface area contributed by atoms with Crippen molar-refractivity contribution in [1.29, 1.82) is 0 Å². The highest BCUT2D eigenvalue weighted by molar-refractivity contribution is 6.01. The molecule has 0 radical (unpaired) electrons. The Balaban J connectivity index is 1.45. The van der Waals surface area contributed by atoms with E-state index in [0.29, 0.717) is 28.2 Å². The van der Waals surface area contributed by atoms with Gasteiger partial charge in [0.1, 0.15) is 11.3 Å². The molecule has 0 saturated carbocycles. The number of carboxylic acids is 1. The number of rotatable bonds is 6. The van der Waals surface area contributed by atoms with Crippen LogP contribution in [0, 0.1) is 5.82 Å². The summed E-state index contributed by atoms with van der Waals surface area (Å²) < 4.78 is 18.7. The Morgan fingerprint density at radius 1 is 1.03 bits per heavy atom. The van der Waals surface area contributed by atoms with Crippen LogP contribution in [0.25, 0.3) is 28.6 Å². The van der Waals surface area contributed by atoms with Crippen LogP contribution in [0.5, 0.6) is 0 Å². The van der Waals surface area contributed by atoms with E-state index in [9.17, 15) is 14.0 Å². The molecule has 0 bridgehead atoms. The molecule has 154 valence electrons. The Hall–Kier alpha value is -4.26. The van der Waals surface area contributed by atoms with Gasteiger partial charge in [0.05, 0.1) is 6.42 Å². The van der Waals surface area contributed by atoms with Crippen LogP contribution in [0.4, 0.5) is 10.1 Å². The Morgan fingerprint density at radius 3 is 2.48 bits per heavy atom. The minimum atomic E-state index is -0.905. The van der Waals surface area contributed by atoms with Crippen LogP contribution in [0.3, 0.4) is 0 Å². The second-order valence-electron chi connectivity index (χ2n) is 6.84. The average Bonchev–Trinajstić information content (AvgIpc) is 3.17. The zero-order valence-electron chi connectivity index (χ0n) is 16.2. The topological polar surface area (TPSA) is 92.4 Å². The first-order valence-corrected chi connectivity index (χ1v) is 9.42. The lowest BCUT2D eigenvalue weighted by Gasteiger charge is -2.01. The summed E-state index contributed by atoms with van der Waals surface area (Å²) in [6, 6.07) is 17.9. The first-order valence-electron chi connectivity index (χ1n) is 9.42. The van der Waals surface area contributed by atoms with Crippen molar-refractivity contribution in [3.8, 4) is 11.5 Å². The molecule has 0 saturated heterocycles. The number of nitrogens with zero attached hydrogens (tertiary/aromatic N) is 1. The number of oxazole rings is 1. The summed E-state index contributed by atoms with van der Waals surface area (Å²) in [5.74, 6) is -1.18. The van der Waals surface area contributed by atoms with Crippen molar-refractivity contribution in [1.82, 2.24) is 4.98 Å². The van der Waals surface area contributed by atoms with Gasteiger partial charge in [-0.05, 0) is 65.7 Å². The fourth-order valence-corrected chi connectivity index (χ4v) is 3.01. The largest absolute Gasteiger partial charge is 0.481 e. The first-order chi connectivity index (χ1) is 15.0. The van der Waals surface area contributed by atoms with Crippen LogP contribution in [-0.2, 0) is 16.0 Å². The maximum Gasteiger partial charge on any atom is 0.307 e. The quantitative estimate of drug-likeness (QED) is 0.436. The smallest absolute Gasteiger partial charge is 0.307 e. The van der Waals surface area contributed by atoms with Crippen molar-refractivity contribution in [2.24, 2.45) is 0 Å². The fourth-order valence-electron chi connectivity index (χ4n) is 3.01. The van der Waals surface area contributed by atoms with Crippen molar-refractivity contribution in [2.45, 2.75) is 6.42 Å². The van der Waals surface area contributed by atoms with Crippen molar-refractivity contribution in [2.75, 3.05) is 5.32 Å². The third-order valence-electron chi connectivity index (χ3n) is 4.50. The summed E-state index contributed by atoms with van der Waals surface area (Å²) in [6.45, 7) is 0. The number of halogens is 1. The van der Waals surface area contributed by atoms with Crippen LogP contribution in [-0.4, -0.2) is 22.0 Å². The van der Waals surface area contributed by atoms with Crippen LogP contribution in [0.2, 0.25) is 0 Å². The second-order valence-corrected chi connectivity index (χ2v) is 6.84. The monoisotopic (exact) mass is 416 g/mol. The molecule has 31 heavy (non-hydrogen) atoms. The third-order valence-corrected chi connectivity index (χ3v) is 4.50. The number of aromatic nitrogens is 1. The van der Waals surface area contributed by atoms with Crippen molar-refractivity contribution < 1.29 is 23.5 Å². The number of amides is 1. The number of carbonyl (C=O) groups is 2. The normalized spacial score (nSPS) is 11.1. The highest BCUT2D eigenvalue weighted by atomic mass is 19.1. The molecule has 4 rings (SSSR count). The van der Waals surface area contributed by atoms with E-state index in [4.69, 9.17) is 9.52 Å². The number of hydrogen-bond donors (Lipinski definition) is 2.